The average Bonchev–Trinajstić information content (AvgIpc) is 2.01. The lowest BCUT2D eigenvalue weighted by atomic mass is 10.0. The minimum absolute atomic E-state index is 0.110. The third-order valence-electron chi connectivity index (χ3n) is 1.84. The van der Waals surface area contributed by atoms with E-state index in [-0.39, 0.29) is 23.5 Å². The quantitative estimate of drug-likeness (QED) is 0.600. The molecule has 1 aromatic heterocycles. The van der Waals surface area contributed by atoms with Gasteiger partial charge in [-0.3, -0.25) is 9.78 Å². The van der Waals surface area contributed by atoms with E-state index in [9.17, 15) is 4.79 Å². The maximum Gasteiger partial charge on any atom is 0.252 e. The lowest BCUT2D eigenvalue weighted by Crippen LogP contribution is -2.22. The van der Waals surface area contributed by atoms with Crippen molar-refractivity contribution < 1.29 is 0 Å². The van der Waals surface area contributed by atoms with Crippen LogP contribution in [-0.2, 0) is 0 Å². The Labute approximate surface area is 76.2 Å². The van der Waals surface area contributed by atoms with Gasteiger partial charge in [0.2, 0.25) is 5.95 Å². The van der Waals surface area contributed by atoms with Gasteiger partial charge in [0.1, 0.15) is 0 Å². The Kier molecular flexibility index (Phi) is 2.67. The number of H-pyrrole nitrogens is 1. The molecule has 1 aromatic rings. The third-order valence-corrected chi connectivity index (χ3v) is 1.84. The highest BCUT2D eigenvalue weighted by Crippen LogP contribution is 2.14. The van der Waals surface area contributed by atoms with E-state index in [1.165, 1.54) is 6.07 Å². The van der Waals surface area contributed by atoms with Crippen LogP contribution in [-0.4, -0.2) is 9.97 Å². The first-order chi connectivity index (χ1) is 6.00. The van der Waals surface area contributed by atoms with E-state index in [4.69, 9.17) is 11.5 Å². The fourth-order valence-electron chi connectivity index (χ4n) is 1.01. The molecule has 0 radical (unpaired) electrons. The molecule has 5 nitrogen and oxygen atoms in total. The minimum Gasteiger partial charge on any atom is -0.369 e. The summed E-state index contributed by atoms with van der Waals surface area (Å²) in [5.41, 5.74) is 11.5. The van der Waals surface area contributed by atoms with Crippen molar-refractivity contribution in [3.8, 4) is 0 Å². The van der Waals surface area contributed by atoms with Gasteiger partial charge in [-0.15, -0.1) is 0 Å². The van der Waals surface area contributed by atoms with Gasteiger partial charge in [0.15, 0.2) is 0 Å². The smallest absolute Gasteiger partial charge is 0.252 e. The van der Waals surface area contributed by atoms with Crippen LogP contribution in [0.5, 0.6) is 0 Å². The molecule has 1 atom stereocenters. The van der Waals surface area contributed by atoms with Gasteiger partial charge in [0.25, 0.3) is 5.56 Å². The molecule has 5 N–H and O–H groups in total. The maximum atomic E-state index is 11.0. The molecule has 0 aliphatic rings. The molecule has 0 aromatic carbocycles. The second-order valence-corrected chi connectivity index (χ2v) is 3.33. The minimum atomic E-state index is -0.265. The highest BCUT2D eigenvalue weighted by molar-refractivity contribution is 5.19. The lowest BCUT2D eigenvalue weighted by Gasteiger charge is -2.14. The Hall–Kier alpha value is -1.36. The Bertz CT molecular complexity index is 344. The van der Waals surface area contributed by atoms with Crippen LogP contribution in [0.15, 0.2) is 10.9 Å². The van der Waals surface area contributed by atoms with Crippen LogP contribution in [0.3, 0.4) is 0 Å². The van der Waals surface area contributed by atoms with Gasteiger partial charge in [0.05, 0.1) is 5.69 Å². The Morgan fingerprint density at radius 1 is 1.54 bits per heavy atom. The number of hydrogen-bond acceptors (Lipinski definition) is 4. The number of rotatable bonds is 2. The van der Waals surface area contributed by atoms with Crippen LogP contribution < -0.4 is 17.0 Å². The van der Waals surface area contributed by atoms with E-state index in [2.05, 4.69) is 9.97 Å². The molecule has 13 heavy (non-hydrogen) atoms. The van der Waals surface area contributed by atoms with Crippen molar-refractivity contribution in [2.45, 2.75) is 19.9 Å². The van der Waals surface area contributed by atoms with Crippen LogP contribution in [0.25, 0.3) is 0 Å². The molecule has 0 aliphatic heterocycles. The van der Waals surface area contributed by atoms with Crippen molar-refractivity contribution in [3.63, 3.8) is 0 Å². The Morgan fingerprint density at radius 2 is 2.15 bits per heavy atom. The van der Waals surface area contributed by atoms with Crippen LogP contribution in [0.2, 0.25) is 0 Å². The molecule has 1 rings (SSSR count). The molecule has 5 heteroatoms. The predicted molar refractivity (Wildman–Crippen MR) is 51.0 cm³/mol. The van der Waals surface area contributed by atoms with E-state index in [1.807, 2.05) is 13.8 Å². The van der Waals surface area contributed by atoms with Gasteiger partial charge >= 0.3 is 0 Å². The first kappa shape index (κ1) is 9.73. The zero-order valence-corrected chi connectivity index (χ0v) is 7.74. The molecule has 0 saturated heterocycles. The van der Waals surface area contributed by atoms with Crippen LogP contribution >= 0.6 is 0 Å². The summed E-state index contributed by atoms with van der Waals surface area (Å²) in [7, 11) is 0. The number of aromatic amines is 1. The van der Waals surface area contributed by atoms with Gasteiger partial charge in [-0.25, -0.2) is 4.98 Å². The second-order valence-electron chi connectivity index (χ2n) is 3.33. The molecule has 1 heterocycles. The number of nitrogens with one attached hydrogen (secondary N) is 1. The second kappa shape index (κ2) is 3.57. The van der Waals surface area contributed by atoms with Gasteiger partial charge in [-0.05, 0) is 5.92 Å². The van der Waals surface area contributed by atoms with Gasteiger partial charge in [-0.1, -0.05) is 13.8 Å². The molecule has 0 spiro atoms. The summed E-state index contributed by atoms with van der Waals surface area (Å²) in [6.07, 6.45) is 0. The normalized spacial score (nSPS) is 13.2. The molecule has 0 amide bonds. The van der Waals surface area contributed by atoms with E-state index < -0.39 is 0 Å². The van der Waals surface area contributed by atoms with Crippen molar-refractivity contribution >= 4 is 5.95 Å². The van der Waals surface area contributed by atoms with E-state index in [1.54, 1.807) is 0 Å². The number of hydrogen-bond donors (Lipinski definition) is 3. The molecule has 0 aliphatic carbocycles. The number of nitrogen functional groups attached to an aromatic ring is 1. The largest absolute Gasteiger partial charge is 0.369 e. The highest BCUT2D eigenvalue weighted by Gasteiger charge is 2.12. The maximum absolute atomic E-state index is 11.0. The number of anilines is 1. The molecule has 0 unspecified atom stereocenters. The van der Waals surface area contributed by atoms with E-state index in [0.717, 1.165) is 0 Å². The van der Waals surface area contributed by atoms with Gasteiger partial charge in [0, 0.05) is 12.1 Å². The van der Waals surface area contributed by atoms with E-state index >= 15 is 0 Å². The topological polar surface area (TPSA) is 97.8 Å². The zero-order chi connectivity index (χ0) is 10.0. The summed E-state index contributed by atoms with van der Waals surface area (Å²) in [6, 6.07) is 1.13. The van der Waals surface area contributed by atoms with Crippen molar-refractivity contribution in [1.82, 2.24) is 9.97 Å². The third kappa shape index (κ3) is 2.29. The van der Waals surface area contributed by atoms with Crippen molar-refractivity contribution in [1.29, 1.82) is 0 Å². The summed E-state index contributed by atoms with van der Waals surface area (Å²) in [5, 5.41) is 0. The fraction of sp³-hybridized carbons (Fsp3) is 0.500. The number of aromatic nitrogens is 2. The predicted octanol–water partition coefficient (Wildman–Crippen LogP) is 0.00790. The molecule has 72 valence electrons. The number of nitrogens with zero attached hydrogens (tertiary/aromatic N) is 1. The molecular weight excluding hydrogens is 168 g/mol. The summed E-state index contributed by atoms with van der Waals surface area (Å²) >= 11 is 0. The van der Waals surface area contributed by atoms with Crippen LogP contribution in [0.1, 0.15) is 25.6 Å². The Balaban J connectivity index is 3.08. The molecule has 0 bridgehead atoms. The highest BCUT2D eigenvalue weighted by atomic mass is 16.1. The first-order valence-electron chi connectivity index (χ1n) is 4.13. The fourth-order valence-corrected chi connectivity index (χ4v) is 1.01. The lowest BCUT2D eigenvalue weighted by molar-refractivity contribution is 0.502. The van der Waals surface area contributed by atoms with Crippen LogP contribution in [0.4, 0.5) is 5.95 Å². The summed E-state index contributed by atoms with van der Waals surface area (Å²) < 4.78 is 0. The molecule has 0 fully saturated rings. The molecule has 0 saturated carbocycles. The van der Waals surface area contributed by atoms with Crippen molar-refractivity contribution in [2.75, 3.05) is 5.73 Å². The van der Waals surface area contributed by atoms with Gasteiger partial charge in [-0.2, -0.15) is 0 Å². The standard InChI is InChI=1S/C8H14N4O/c1-4(2)7(9)5-3-6(13)12-8(10)11-5/h3-4,7H,9H2,1-2H3,(H3,10,11,12,13)/t7-/m0/s1. The Morgan fingerprint density at radius 3 is 2.62 bits per heavy atom. The summed E-state index contributed by atoms with van der Waals surface area (Å²) in [6.45, 7) is 3.92. The monoisotopic (exact) mass is 182 g/mol. The average molecular weight is 182 g/mol. The summed E-state index contributed by atoms with van der Waals surface area (Å²) in [4.78, 5) is 17.3. The van der Waals surface area contributed by atoms with Gasteiger partial charge < -0.3 is 11.5 Å². The molecular formula is C8H14N4O. The van der Waals surface area contributed by atoms with Crippen molar-refractivity contribution in [3.05, 3.63) is 22.1 Å². The van der Waals surface area contributed by atoms with Crippen LogP contribution in [0, 0.1) is 5.92 Å². The first-order valence-corrected chi connectivity index (χ1v) is 4.13. The zero-order valence-electron chi connectivity index (χ0n) is 7.74. The van der Waals surface area contributed by atoms with Crippen molar-refractivity contribution in [2.24, 2.45) is 11.7 Å². The number of nitrogens with two attached hydrogens (primary N) is 2. The van der Waals surface area contributed by atoms with E-state index in [0.29, 0.717) is 5.69 Å². The summed E-state index contributed by atoms with van der Waals surface area (Å²) in [5.74, 6) is 0.340. The SMILES string of the molecule is CC(C)[C@H](N)c1cc(=O)[nH]c(N)n1.